The monoisotopic (exact) mass is 442 g/mol. The standard InChI is InChI=1S/C19H14N4O2S.BrH/c24-17(21-14-6-2-1-3-7-14)10-15-12-26-19-22-18(25)16(23(15)19)9-13-5-4-8-20-11-13;/h1-9,11-12H,10H2,(H,21,24);1H/b16-9-;. The van der Waals surface area contributed by atoms with Gasteiger partial charge in [-0.2, -0.15) is 9.88 Å². The summed E-state index contributed by atoms with van der Waals surface area (Å²) < 4.78 is 1.80. The average molecular weight is 443 g/mol. The number of thiazole rings is 1. The van der Waals surface area contributed by atoms with E-state index in [0.29, 0.717) is 10.8 Å². The maximum absolute atomic E-state index is 12.4. The first-order valence-corrected chi connectivity index (χ1v) is 8.89. The fraction of sp³-hybridized carbons (Fsp3) is 0.0526. The van der Waals surface area contributed by atoms with Crippen LogP contribution in [0.1, 0.15) is 11.3 Å². The lowest BCUT2D eigenvalue weighted by molar-refractivity contribution is -0.559. The number of nitrogens with one attached hydrogen (secondary N) is 2. The van der Waals surface area contributed by atoms with Crippen LogP contribution in [-0.2, 0) is 16.0 Å². The summed E-state index contributed by atoms with van der Waals surface area (Å²) in [4.78, 5) is 28.7. The minimum absolute atomic E-state index is 0. The van der Waals surface area contributed by atoms with Gasteiger partial charge >= 0.3 is 11.0 Å². The summed E-state index contributed by atoms with van der Waals surface area (Å²) in [7, 11) is 0. The molecule has 0 saturated carbocycles. The van der Waals surface area contributed by atoms with Crippen LogP contribution in [0.4, 0.5) is 10.8 Å². The second kappa shape index (κ2) is 8.24. The summed E-state index contributed by atoms with van der Waals surface area (Å²) in [5, 5.41) is 8.28. The number of hydrogen-bond acceptors (Lipinski definition) is 4. The number of hydrogen-bond donors (Lipinski definition) is 2. The van der Waals surface area contributed by atoms with Gasteiger partial charge in [-0.1, -0.05) is 35.6 Å². The molecule has 0 unspecified atom stereocenters. The highest BCUT2D eigenvalue weighted by atomic mass is 79.9. The van der Waals surface area contributed by atoms with Crippen LogP contribution in [0.25, 0.3) is 11.8 Å². The smallest absolute Gasteiger partial charge is 0.379 e. The van der Waals surface area contributed by atoms with E-state index in [9.17, 15) is 9.59 Å². The number of para-hydroxylation sites is 1. The minimum Gasteiger partial charge on any atom is -1.00 e. The van der Waals surface area contributed by atoms with Gasteiger partial charge in [-0.15, -0.1) is 0 Å². The van der Waals surface area contributed by atoms with E-state index in [-0.39, 0.29) is 35.2 Å². The Balaban J connectivity index is 0.00000210. The third-order valence-corrected chi connectivity index (χ3v) is 4.78. The lowest BCUT2D eigenvalue weighted by Crippen LogP contribution is -3.00. The molecule has 1 aromatic carbocycles. The van der Waals surface area contributed by atoms with E-state index >= 15 is 0 Å². The number of anilines is 2. The van der Waals surface area contributed by atoms with Gasteiger partial charge in [0.2, 0.25) is 11.6 Å². The molecule has 0 fully saturated rings. The molecule has 1 aliphatic rings. The van der Waals surface area contributed by atoms with E-state index in [1.165, 1.54) is 11.3 Å². The lowest BCUT2D eigenvalue weighted by Gasteiger charge is -2.04. The molecule has 3 aromatic rings. The number of halogens is 1. The van der Waals surface area contributed by atoms with Crippen molar-refractivity contribution in [3.05, 3.63) is 71.5 Å². The Morgan fingerprint density at radius 3 is 2.78 bits per heavy atom. The molecular weight excluding hydrogens is 428 g/mol. The molecule has 0 bridgehead atoms. The fourth-order valence-electron chi connectivity index (χ4n) is 2.73. The minimum atomic E-state index is -0.189. The van der Waals surface area contributed by atoms with E-state index in [1.54, 1.807) is 23.0 Å². The van der Waals surface area contributed by atoms with Crippen molar-refractivity contribution in [1.29, 1.82) is 0 Å². The molecular formula is C19H15BrN4O2S. The van der Waals surface area contributed by atoms with Gasteiger partial charge in [-0.25, -0.2) is 4.79 Å². The molecule has 2 amide bonds. The Morgan fingerprint density at radius 2 is 2.04 bits per heavy atom. The summed E-state index contributed by atoms with van der Waals surface area (Å²) >= 11 is 1.40. The summed E-state index contributed by atoms with van der Waals surface area (Å²) in [6, 6.07) is 13.0. The fourth-order valence-corrected chi connectivity index (χ4v) is 3.64. The lowest BCUT2D eigenvalue weighted by atomic mass is 10.2. The number of pyridine rings is 1. The number of amides is 2. The Bertz CT molecular complexity index is 1000. The average Bonchev–Trinajstić information content (AvgIpc) is 3.17. The quantitative estimate of drug-likeness (QED) is 0.425. The Labute approximate surface area is 170 Å². The molecule has 1 aliphatic heterocycles. The zero-order valence-corrected chi connectivity index (χ0v) is 16.5. The van der Waals surface area contributed by atoms with Gasteiger partial charge in [0, 0.05) is 29.5 Å². The van der Waals surface area contributed by atoms with Gasteiger partial charge in [-0.05, 0) is 23.8 Å². The first-order chi connectivity index (χ1) is 12.7. The van der Waals surface area contributed by atoms with Gasteiger partial charge < -0.3 is 22.3 Å². The SMILES string of the molecule is O=C(Cc1csc2[n+]1/C(=C\c1cccnc1)C(=O)N2)Nc1ccccc1.[Br-]. The molecule has 0 saturated heterocycles. The molecule has 8 heteroatoms. The van der Waals surface area contributed by atoms with Crippen LogP contribution >= 0.6 is 11.3 Å². The Morgan fingerprint density at radius 1 is 1.22 bits per heavy atom. The highest BCUT2D eigenvalue weighted by Crippen LogP contribution is 2.24. The highest BCUT2D eigenvalue weighted by molar-refractivity contribution is 7.13. The van der Waals surface area contributed by atoms with Crippen LogP contribution < -0.4 is 32.2 Å². The maximum Gasteiger partial charge on any atom is 0.379 e. The highest BCUT2D eigenvalue weighted by Gasteiger charge is 2.37. The van der Waals surface area contributed by atoms with Crippen molar-refractivity contribution in [1.82, 2.24) is 4.98 Å². The number of fused-ring (bicyclic) bond motifs is 1. The molecule has 0 aliphatic carbocycles. The number of benzene rings is 1. The maximum atomic E-state index is 12.4. The largest absolute Gasteiger partial charge is 1.00 e. The number of rotatable bonds is 4. The van der Waals surface area contributed by atoms with Crippen molar-refractivity contribution in [3.63, 3.8) is 0 Å². The van der Waals surface area contributed by atoms with Crippen LogP contribution in [0.3, 0.4) is 0 Å². The van der Waals surface area contributed by atoms with E-state index in [2.05, 4.69) is 15.6 Å². The summed E-state index contributed by atoms with van der Waals surface area (Å²) in [6.45, 7) is 0. The van der Waals surface area contributed by atoms with Crippen LogP contribution in [0, 0.1) is 0 Å². The predicted octanol–water partition coefficient (Wildman–Crippen LogP) is -0.434. The van der Waals surface area contributed by atoms with Crippen LogP contribution in [0.5, 0.6) is 0 Å². The van der Waals surface area contributed by atoms with E-state index < -0.39 is 0 Å². The van der Waals surface area contributed by atoms with Gasteiger partial charge in [0.15, 0.2) is 0 Å². The van der Waals surface area contributed by atoms with Gasteiger partial charge in [0.1, 0.15) is 5.69 Å². The molecule has 2 N–H and O–H groups in total. The van der Waals surface area contributed by atoms with Crippen molar-refractivity contribution in [3.8, 4) is 0 Å². The van der Waals surface area contributed by atoms with Gasteiger partial charge in [0.25, 0.3) is 0 Å². The van der Waals surface area contributed by atoms with Crippen LogP contribution in [0.15, 0.2) is 60.2 Å². The normalized spacial score (nSPS) is 13.6. The van der Waals surface area contributed by atoms with Crippen molar-refractivity contribution in [2.24, 2.45) is 0 Å². The molecule has 0 radical (unpaired) electrons. The molecule has 4 rings (SSSR count). The van der Waals surface area contributed by atoms with Crippen LogP contribution in [0.2, 0.25) is 0 Å². The van der Waals surface area contributed by atoms with E-state index in [4.69, 9.17) is 0 Å². The number of aromatic nitrogens is 2. The summed E-state index contributed by atoms with van der Waals surface area (Å²) in [5.41, 5.74) is 2.81. The van der Waals surface area contributed by atoms with E-state index in [0.717, 1.165) is 16.9 Å². The van der Waals surface area contributed by atoms with Crippen molar-refractivity contribution < 1.29 is 31.1 Å². The molecule has 3 heterocycles. The Kier molecular flexibility index (Phi) is 5.78. The molecule has 6 nitrogen and oxygen atoms in total. The molecule has 0 atom stereocenters. The summed E-state index contributed by atoms with van der Waals surface area (Å²) in [6.07, 6.45) is 5.31. The third kappa shape index (κ3) is 4.12. The van der Waals surface area contributed by atoms with E-state index in [1.807, 2.05) is 47.8 Å². The van der Waals surface area contributed by atoms with Gasteiger partial charge in [-0.3, -0.25) is 9.78 Å². The molecule has 0 spiro atoms. The van der Waals surface area contributed by atoms with Crippen LogP contribution in [-0.4, -0.2) is 16.8 Å². The molecule has 136 valence electrons. The second-order valence-electron chi connectivity index (χ2n) is 5.73. The van der Waals surface area contributed by atoms with Gasteiger partial charge in [0.05, 0.1) is 6.42 Å². The zero-order chi connectivity index (χ0) is 17.9. The zero-order valence-electron chi connectivity index (χ0n) is 14.1. The summed E-state index contributed by atoms with van der Waals surface area (Å²) in [5.74, 6) is -0.324. The van der Waals surface area contributed by atoms with Crippen molar-refractivity contribution >= 4 is 45.7 Å². The first-order valence-electron chi connectivity index (χ1n) is 8.01. The topological polar surface area (TPSA) is 75.0 Å². The Hall–Kier alpha value is -2.84. The molecule has 2 aromatic heterocycles. The van der Waals surface area contributed by atoms with Crippen molar-refractivity contribution in [2.75, 3.05) is 10.6 Å². The predicted molar refractivity (Wildman–Crippen MR) is 100 cm³/mol. The number of carbonyl (C=O) groups is 2. The number of carbonyl (C=O) groups excluding carboxylic acids is 2. The molecule has 27 heavy (non-hydrogen) atoms. The van der Waals surface area contributed by atoms with Crippen molar-refractivity contribution in [2.45, 2.75) is 6.42 Å². The second-order valence-corrected chi connectivity index (χ2v) is 6.59. The first kappa shape index (κ1) is 18.9. The third-order valence-electron chi connectivity index (χ3n) is 3.88. The number of nitrogens with zero attached hydrogens (tertiary/aromatic N) is 2.